The van der Waals surface area contributed by atoms with Crippen LogP contribution in [-0.2, 0) is 4.79 Å². The SMILES string of the molecule is CC(C)CCC(C)NC(=O)CC(C)(C)CC(C)(C)C. The van der Waals surface area contributed by atoms with Crippen LogP contribution in [0.2, 0.25) is 0 Å². The molecule has 0 aliphatic rings. The van der Waals surface area contributed by atoms with Gasteiger partial charge < -0.3 is 5.32 Å². The van der Waals surface area contributed by atoms with Gasteiger partial charge in [-0.2, -0.15) is 0 Å². The van der Waals surface area contributed by atoms with E-state index in [4.69, 9.17) is 0 Å². The summed E-state index contributed by atoms with van der Waals surface area (Å²) in [5.74, 6) is 0.905. The zero-order valence-electron chi connectivity index (χ0n) is 14.4. The smallest absolute Gasteiger partial charge is 0.220 e. The molecule has 0 fully saturated rings. The van der Waals surface area contributed by atoms with Crippen molar-refractivity contribution in [2.24, 2.45) is 16.7 Å². The fourth-order valence-corrected chi connectivity index (χ4v) is 2.91. The lowest BCUT2D eigenvalue weighted by atomic mass is 9.74. The minimum atomic E-state index is 0.0695. The topological polar surface area (TPSA) is 29.1 Å². The lowest BCUT2D eigenvalue weighted by Gasteiger charge is -2.32. The van der Waals surface area contributed by atoms with Crippen LogP contribution in [0.25, 0.3) is 0 Å². The van der Waals surface area contributed by atoms with Gasteiger partial charge in [0, 0.05) is 12.5 Å². The second kappa shape index (κ2) is 7.31. The van der Waals surface area contributed by atoms with Crippen LogP contribution in [-0.4, -0.2) is 11.9 Å². The van der Waals surface area contributed by atoms with Crippen LogP contribution >= 0.6 is 0 Å². The predicted octanol–water partition coefficient (Wildman–Crippen LogP) is 4.78. The second-order valence-corrected chi connectivity index (χ2v) is 8.52. The van der Waals surface area contributed by atoms with Crippen molar-refractivity contribution in [3.8, 4) is 0 Å². The van der Waals surface area contributed by atoms with E-state index in [1.807, 2.05) is 0 Å². The monoisotopic (exact) mass is 269 g/mol. The Morgan fingerprint density at radius 1 is 1.00 bits per heavy atom. The Kier molecular flexibility index (Phi) is 7.10. The first kappa shape index (κ1) is 18.5. The molecule has 0 aromatic carbocycles. The maximum atomic E-state index is 12.1. The molecule has 0 radical (unpaired) electrons. The molecule has 0 aliphatic heterocycles. The van der Waals surface area contributed by atoms with Crippen molar-refractivity contribution in [3.05, 3.63) is 0 Å². The van der Waals surface area contributed by atoms with Crippen molar-refractivity contribution < 1.29 is 4.79 Å². The molecule has 1 N–H and O–H groups in total. The minimum absolute atomic E-state index is 0.0695. The van der Waals surface area contributed by atoms with Gasteiger partial charge in [0.15, 0.2) is 0 Å². The van der Waals surface area contributed by atoms with E-state index in [2.05, 4.69) is 60.7 Å². The third-order valence-electron chi connectivity index (χ3n) is 3.23. The summed E-state index contributed by atoms with van der Waals surface area (Å²) in [4.78, 5) is 12.1. The standard InChI is InChI=1S/C17H35NO/c1-13(2)9-10-14(3)18-15(19)11-17(7,8)12-16(4,5)6/h13-14H,9-12H2,1-8H3,(H,18,19). The summed E-state index contributed by atoms with van der Waals surface area (Å²) in [6, 6.07) is 0.292. The molecular weight excluding hydrogens is 234 g/mol. The molecular formula is C17H35NO. The van der Waals surface area contributed by atoms with Crippen molar-refractivity contribution in [1.82, 2.24) is 5.32 Å². The predicted molar refractivity (Wildman–Crippen MR) is 84.1 cm³/mol. The molecule has 0 aliphatic carbocycles. The van der Waals surface area contributed by atoms with Gasteiger partial charge in [-0.15, -0.1) is 0 Å². The van der Waals surface area contributed by atoms with Gasteiger partial charge in [0.1, 0.15) is 0 Å². The molecule has 2 nitrogen and oxygen atoms in total. The van der Waals surface area contributed by atoms with Crippen molar-refractivity contribution in [2.45, 2.75) is 87.1 Å². The molecule has 0 heterocycles. The van der Waals surface area contributed by atoms with Crippen LogP contribution in [0.1, 0.15) is 81.1 Å². The van der Waals surface area contributed by atoms with Gasteiger partial charge in [-0.25, -0.2) is 0 Å². The fourth-order valence-electron chi connectivity index (χ4n) is 2.91. The second-order valence-electron chi connectivity index (χ2n) is 8.52. The summed E-state index contributed by atoms with van der Waals surface area (Å²) >= 11 is 0. The molecule has 1 amide bonds. The molecule has 1 atom stereocenters. The van der Waals surface area contributed by atoms with Crippen LogP contribution in [0.3, 0.4) is 0 Å². The first-order valence-electron chi connectivity index (χ1n) is 7.71. The van der Waals surface area contributed by atoms with Crippen LogP contribution in [0.4, 0.5) is 0 Å². The van der Waals surface area contributed by atoms with E-state index in [1.165, 1.54) is 6.42 Å². The number of hydrogen-bond donors (Lipinski definition) is 1. The molecule has 0 aromatic rings. The third-order valence-corrected chi connectivity index (χ3v) is 3.23. The Morgan fingerprint density at radius 2 is 1.53 bits per heavy atom. The fraction of sp³-hybridized carbons (Fsp3) is 0.941. The van der Waals surface area contributed by atoms with Gasteiger partial charge in [-0.3, -0.25) is 4.79 Å². The summed E-state index contributed by atoms with van der Waals surface area (Å²) in [6.07, 6.45) is 3.93. The zero-order chi connectivity index (χ0) is 15.3. The Labute approximate surface area is 120 Å². The van der Waals surface area contributed by atoms with E-state index in [0.717, 1.165) is 12.8 Å². The highest BCUT2D eigenvalue weighted by Crippen LogP contribution is 2.35. The summed E-state index contributed by atoms with van der Waals surface area (Å²) in [5, 5.41) is 3.14. The quantitative estimate of drug-likeness (QED) is 0.708. The summed E-state index contributed by atoms with van der Waals surface area (Å²) in [6.45, 7) is 17.6. The highest BCUT2D eigenvalue weighted by Gasteiger charge is 2.28. The summed E-state index contributed by atoms with van der Waals surface area (Å²) in [7, 11) is 0. The minimum Gasteiger partial charge on any atom is -0.354 e. The van der Waals surface area contributed by atoms with Crippen LogP contribution in [0.5, 0.6) is 0 Å². The van der Waals surface area contributed by atoms with Crippen LogP contribution < -0.4 is 5.32 Å². The molecule has 0 saturated carbocycles. The van der Waals surface area contributed by atoms with Gasteiger partial charge in [0.25, 0.3) is 0 Å². The van der Waals surface area contributed by atoms with E-state index >= 15 is 0 Å². The maximum Gasteiger partial charge on any atom is 0.220 e. The number of carbonyl (C=O) groups excluding carboxylic acids is 1. The Morgan fingerprint density at radius 3 is 1.95 bits per heavy atom. The number of hydrogen-bond acceptors (Lipinski definition) is 1. The highest BCUT2D eigenvalue weighted by atomic mass is 16.1. The molecule has 0 spiro atoms. The Balaban J connectivity index is 4.15. The summed E-state index contributed by atoms with van der Waals surface area (Å²) < 4.78 is 0. The average molecular weight is 269 g/mol. The Hall–Kier alpha value is -0.530. The van der Waals surface area contributed by atoms with Crippen molar-refractivity contribution in [3.63, 3.8) is 0 Å². The van der Waals surface area contributed by atoms with Crippen molar-refractivity contribution in [2.75, 3.05) is 0 Å². The number of amides is 1. The normalized spacial score (nSPS) is 14.6. The molecule has 0 aromatic heterocycles. The third kappa shape index (κ3) is 11.0. The number of rotatable bonds is 7. The molecule has 0 rings (SSSR count). The van der Waals surface area contributed by atoms with E-state index in [9.17, 15) is 4.79 Å². The Bertz CT molecular complexity index is 273. The lowest BCUT2D eigenvalue weighted by Crippen LogP contribution is -2.36. The van der Waals surface area contributed by atoms with Crippen molar-refractivity contribution >= 4 is 5.91 Å². The average Bonchev–Trinajstić information content (AvgIpc) is 2.08. The first-order chi connectivity index (χ1) is 8.41. The molecule has 114 valence electrons. The van der Waals surface area contributed by atoms with Gasteiger partial charge in [0.2, 0.25) is 5.91 Å². The van der Waals surface area contributed by atoms with Crippen LogP contribution in [0.15, 0.2) is 0 Å². The van der Waals surface area contributed by atoms with Gasteiger partial charge in [-0.05, 0) is 42.9 Å². The maximum absolute atomic E-state index is 12.1. The van der Waals surface area contributed by atoms with Gasteiger partial charge >= 0.3 is 0 Å². The molecule has 19 heavy (non-hydrogen) atoms. The number of carbonyl (C=O) groups is 1. The molecule has 0 saturated heterocycles. The van der Waals surface area contributed by atoms with E-state index in [-0.39, 0.29) is 16.7 Å². The van der Waals surface area contributed by atoms with E-state index in [0.29, 0.717) is 18.4 Å². The lowest BCUT2D eigenvalue weighted by molar-refractivity contribution is -0.124. The van der Waals surface area contributed by atoms with Gasteiger partial charge in [-0.1, -0.05) is 48.5 Å². The number of nitrogens with one attached hydrogen (secondary N) is 1. The zero-order valence-corrected chi connectivity index (χ0v) is 14.4. The highest BCUT2D eigenvalue weighted by molar-refractivity contribution is 5.76. The summed E-state index contributed by atoms with van der Waals surface area (Å²) in [5.41, 5.74) is 0.340. The van der Waals surface area contributed by atoms with Crippen LogP contribution in [0, 0.1) is 16.7 Å². The van der Waals surface area contributed by atoms with E-state index < -0.39 is 0 Å². The molecule has 0 bridgehead atoms. The van der Waals surface area contributed by atoms with Gasteiger partial charge in [0.05, 0.1) is 0 Å². The van der Waals surface area contributed by atoms with Crippen molar-refractivity contribution in [1.29, 1.82) is 0 Å². The largest absolute Gasteiger partial charge is 0.354 e. The molecule has 1 unspecified atom stereocenters. The van der Waals surface area contributed by atoms with E-state index in [1.54, 1.807) is 0 Å². The first-order valence-corrected chi connectivity index (χ1v) is 7.71. The molecule has 2 heteroatoms.